The molecule has 0 saturated heterocycles. The highest BCUT2D eigenvalue weighted by Gasteiger charge is 2.69. The molecule has 3 fully saturated rings. The van der Waals surface area contributed by atoms with Gasteiger partial charge in [0.15, 0.2) is 11.6 Å². The van der Waals surface area contributed by atoms with Crippen molar-refractivity contribution in [1.29, 1.82) is 0 Å². The molecule has 6 unspecified atom stereocenters. The largest absolute Gasteiger partial charge is 0.379 e. The highest BCUT2D eigenvalue weighted by Crippen LogP contribution is 2.71. The Morgan fingerprint density at radius 1 is 1.07 bits per heavy atom. The van der Waals surface area contributed by atoms with Crippen molar-refractivity contribution in [2.75, 3.05) is 0 Å². The van der Waals surface area contributed by atoms with E-state index in [2.05, 4.69) is 70.1 Å². The predicted octanol–water partition coefficient (Wildman–Crippen LogP) is 9.03. The number of ketones is 3. The highest BCUT2D eigenvalue weighted by molar-refractivity contribution is 5.98. The van der Waals surface area contributed by atoms with E-state index in [4.69, 9.17) is 0 Å². The number of benzene rings is 1. The molecule has 0 aliphatic heterocycles. The first-order chi connectivity index (χ1) is 21.1. The summed E-state index contributed by atoms with van der Waals surface area (Å²) >= 11 is 0. The Morgan fingerprint density at radius 3 is 2.31 bits per heavy atom. The van der Waals surface area contributed by atoms with Gasteiger partial charge in [-0.3, -0.25) is 14.4 Å². The lowest BCUT2D eigenvalue weighted by Gasteiger charge is -2.33. The molecule has 1 N–H and O–H groups in total. The molecule has 45 heavy (non-hydrogen) atoms. The number of nitrogens with one attached hydrogen (secondary N) is 1. The van der Waals surface area contributed by atoms with Gasteiger partial charge in [0.1, 0.15) is 5.78 Å². The number of allylic oxidation sites excluding steroid dienone is 3. The van der Waals surface area contributed by atoms with Crippen LogP contribution in [0.25, 0.3) is 0 Å². The Balaban J connectivity index is 0.00000461. The van der Waals surface area contributed by atoms with Crippen LogP contribution in [-0.4, -0.2) is 23.4 Å². The monoisotopic (exact) mass is 613 g/mol. The van der Waals surface area contributed by atoms with Crippen LogP contribution < -0.4 is 5.32 Å². The lowest BCUT2D eigenvalue weighted by Crippen LogP contribution is -2.48. The molecule has 0 spiro atoms. The fraction of sp³-hybridized carbons (Fsp3) is 0.634. The van der Waals surface area contributed by atoms with Crippen molar-refractivity contribution in [3.05, 3.63) is 72.5 Å². The van der Waals surface area contributed by atoms with Gasteiger partial charge >= 0.3 is 0 Å². The van der Waals surface area contributed by atoms with E-state index >= 15 is 0 Å². The summed E-state index contributed by atoms with van der Waals surface area (Å²) in [4.78, 5) is 42.0. The van der Waals surface area contributed by atoms with Crippen molar-refractivity contribution in [2.24, 2.45) is 46.8 Å². The van der Waals surface area contributed by atoms with Gasteiger partial charge in [0, 0.05) is 30.4 Å². The fourth-order valence-corrected chi connectivity index (χ4v) is 9.41. The van der Waals surface area contributed by atoms with Gasteiger partial charge in [-0.1, -0.05) is 104 Å². The lowest BCUT2D eigenvalue weighted by molar-refractivity contribution is -0.135. The molecule has 1 aromatic rings. The normalized spacial score (nSPS) is 26.2. The van der Waals surface area contributed by atoms with Crippen molar-refractivity contribution in [2.45, 2.75) is 118 Å². The smallest absolute Gasteiger partial charge is 0.159 e. The molecule has 0 heterocycles. The van der Waals surface area contributed by atoms with E-state index in [1.807, 2.05) is 0 Å². The Hall–Kier alpha value is -2.75. The molecule has 5 rings (SSSR count). The second kappa shape index (κ2) is 14.8. The van der Waals surface area contributed by atoms with Gasteiger partial charge in [-0.2, -0.15) is 0 Å². The third kappa shape index (κ3) is 7.47. The van der Waals surface area contributed by atoms with Gasteiger partial charge in [-0.25, -0.2) is 0 Å². The zero-order valence-electron chi connectivity index (χ0n) is 27.5. The van der Waals surface area contributed by atoms with E-state index in [-0.39, 0.29) is 65.8 Å². The van der Waals surface area contributed by atoms with Gasteiger partial charge < -0.3 is 5.32 Å². The van der Waals surface area contributed by atoms with Crippen LogP contribution in [-0.2, 0) is 27.2 Å². The molecule has 0 radical (unpaired) electrons. The van der Waals surface area contributed by atoms with Gasteiger partial charge in [-0.05, 0) is 90.2 Å². The number of rotatable bonds is 17. The van der Waals surface area contributed by atoms with E-state index in [9.17, 15) is 14.4 Å². The van der Waals surface area contributed by atoms with Crippen molar-refractivity contribution in [3.8, 4) is 0 Å². The molecular weight excluding hydrogens is 554 g/mol. The van der Waals surface area contributed by atoms with Gasteiger partial charge in [0.05, 0.1) is 6.04 Å². The zero-order valence-corrected chi connectivity index (χ0v) is 27.5. The third-order valence-electron chi connectivity index (χ3n) is 11.9. The number of fused-ring (bicyclic) bond motifs is 2. The van der Waals surface area contributed by atoms with Crippen LogP contribution in [0.15, 0.2) is 61.3 Å². The molecule has 4 nitrogen and oxygen atoms in total. The van der Waals surface area contributed by atoms with E-state index in [1.165, 1.54) is 36.8 Å². The summed E-state index contributed by atoms with van der Waals surface area (Å²) in [5.74, 6) is 1.13. The van der Waals surface area contributed by atoms with Crippen LogP contribution in [0.1, 0.15) is 110 Å². The topological polar surface area (TPSA) is 63.2 Å². The summed E-state index contributed by atoms with van der Waals surface area (Å²) < 4.78 is 0. The minimum Gasteiger partial charge on any atom is -0.379 e. The molecule has 4 aliphatic rings. The van der Waals surface area contributed by atoms with E-state index in [0.29, 0.717) is 36.7 Å². The number of hydrogen-bond donors (Lipinski definition) is 1. The SMILES string of the molecule is C.C=CCCC(=O)C(=C)C(CCC)CC(=O)C1C(C(=O)C(NC(=C)CC2CCCC2)C2Cc3ccccc3C2)CC2C1C2(C)C. The quantitative estimate of drug-likeness (QED) is 0.141. The van der Waals surface area contributed by atoms with Crippen LogP contribution in [0.2, 0.25) is 0 Å². The average Bonchev–Trinajstić information content (AvgIpc) is 3.57. The minimum atomic E-state index is -0.334. The molecule has 0 bridgehead atoms. The molecule has 3 saturated carbocycles. The minimum absolute atomic E-state index is 0. The number of carbonyl (C=O) groups excluding carboxylic acids is 3. The number of Topliss-reactive ketones (excluding diaryl/α,β-unsaturated/α-hetero) is 3. The molecule has 4 aliphatic carbocycles. The van der Waals surface area contributed by atoms with Crippen LogP contribution >= 0.6 is 0 Å². The Bertz CT molecular complexity index is 1260. The molecule has 246 valence electrons. The molecule has 4 heteroatoms. The van der Waals surface area contributed by atoms with Gasteiger partial charge in [0.25, 0.3) is 0 Å². The maximum absolute atomic E-state index is 14.8. The summed E-state index contributed by atoms with van der Waals surface area (Å²) in [7, 11) is 0. The molecule has 0 aromatic heterocycles. The van der Waals surface area contributed by atoms with E-state index < -0.39 is 0 Å². The Labute approximate surface area is 273 Å². The van der Waals surface area contributed by atoms with E-state index in [1.54, 1.807) is 6.08 Å². The summed E-state index contributed by atoms with van der Waals surface area (Å²) in [5.41, 5.74) is 4.30. The molecule has 6 atom stereocenters. The first-order valence-corrected chi connectivity index (χ1v) is 17.5. The van der Waals surface area contributed by atoms with Crippen LogP contribution in [0, 0.1) is 46.8 Å². The van der Waals surface area contributed by atoms with Crippen molar-refractivity contribution in [1.82, 2.24) is 5.32 Å². The standard InChI is InChI=1S/C40H55NO3.CH4/c1-7-9-19-34(42)26(4)28(14-8-2)23-35(43)36-32(24-33-37(36)40(33,5)6)39(44)38(41-25(3)20-27-15-10-11-16-27)31-21-29-17-12-13-18-30(29)22-31;/h7,12-13,17-18,27-28,31-33,36-38,41H,1,3-4,8-11,14-16,19-24H2,2,5-6H3;1H4. The summed E-state index contributed by atoms with van der Waals surface area (Å²) in [6.45, 7) is 19.0. The van der Waals surface area contributed by atoms with Crippen LogP contribution in [0.5, 0.6) is 0 Å². The second-order valence-corrected chi connectivity index (χ2v) is 15.2. The van der Waals surface area contributed by atoms with Crippen LogP contribution in [0.3, 0.4) is 0 Å². The summed E-state index contributed by atoms with van der Waals surface area (Å²) in [5, 5.41) is 3.70. The molecule has 0 amide bonds. The molecule has 1 aromatic carbocycles. The highest BCUT2D eigenvalue weighted by atomic mass is 16.1. The Morgan fingerprint density at radius 2 is 1.71 bits per heavy atom. The van der Waals surface area contributed by atoms with Crippen molar-refractivity contribution >= 4 is 17.3 Å². The lowest BCUT2D eigenvalue weighted by atomic mass is 9.73. The molecular formula is C41H59NO3. The van der Waals surface area contributed by atoms with Gasteiger partial charge in [-0.15, -0.1) is 6.58 Å². The van der Waals surface area contributed by atoms with Crippen LogP contribution in [0.4, 0.5) is 0 Å². The fourth-order valence-electron chi connectivity index (χ4n) is 9.41. The third-order valence-corrected chi connectivity index (χ3v) is 11.9. The maximum Gasteiger partial charge on any atom is 0.159 e. The first kappa shape index (κ1) is 35.1. The summed E-state index contributed by atoms with van der Waals surface area (Å²) in [6.07, 6.45) is 13.2. The number of carbonyl (C=O) groups is 3. The second-order valence-electron chi connectivity index (χ2n) is 15.2. The zero-order chi connectivity index (χ0) is 31.6. The predicted molar refractivity (Wildman–Crippen MR) is 186 cm³/mol. The van der Waals surface area contributed by atoms with Gasteiger partial charge in [0.2, 0.25) is 0 Å². The average molecular weight is 614 g/mol. The Kier molecular flexibility index (Phi) is 11.5. The van der Waals surface area contributed by atoms with Crippen molar-refractivity contribution in [3.63, 3.8) is 0 Å². The van der Waals surface area contributed by atoms with Crippen molar-refractivity contribution < 1.29 is 14.4 Å². The number of hydrogen-bond acceptors (Lipinski definition) is 4. The van der Waals surface area contributed by atoms with E-state index in [0.717, 1.165) is 44.2 Å². The summed E-state index contributed by atoms with van der Waals surface area (Å²) in [6, 6.07) is 8.24. The first-order valence-electron chi connectivity index (χ1n) is 17.5. The maximum atomic E-state index is 14.8.